The molecule has 3 rings (SSSR count). The molecule has 1 aromatic heterocycles. The van der Waals surface area contributed by atoms with Crippen LogP contribution in [0.25, 0.3) is 0 Å². The molecule has 0 aliphatic heterocycles. The zero-order valence-corrected chi connectivity index (χ0v) is 25.5. The van der Waals surface area contributed by atoms with Crippen LogP contribution in [0.3, 0.4) is 0 Å². The molecular formula is C34H48N4O4. The van der Waals surface area contributed by atoms with Crippen molar-refractivity contribution >= 4 is 11.4 Å². The maximum Gasteiger partial charge on any atom is 0.328 e. The molecule has 1 heterocycles. The Hall–Kier alpha value is -3.68. The number of rotatable bonds is 21. The van der Waals surface area contributed by atoms with Crippen LogP contribution < -0.4 is 20.7 Å². The average molecular weight is 577 g/mol. The Bertz CT molecular complexity index is 1300. The molecule has 0 bridgehead atoms. The summed E-state index contributed by atoms with van der Waals surface area (Å²) >= 11 is 0. The lowest BCUT2D eigenvalue weighted by Crippen LogP contribution is -2.30. The van der Waals surface area contributed by atoms with Gasteiger partial charge in [0.05, 0.1) is 24.6 Å². The van der Waals surface area contributed by atoms with E-state index in [0.29, 0.717) is 18.7 Å². The highest BCUT2D eigenvalue weighted by molar-refractivity contribution is 5.44. The van der Waals surface area contributed by atoms with Gasteiger partial charge in [0.2, 0.25) is 0 Å². The summed E-state index contributed by atoms with van der Waals surface area (Å²) in [4.78, 5) is 25.6. The minimum absolute atomic E-state index is 0.328. The molecule has 1 N–H and O–H groups in total. The van der Waals surface area contributed by atoms with E-state index < -0.39 is 0 Å². The number of aromatic amines is 1. The van der Waals surface area contributed by atoms with Gasteiger partial charge < -0.3 is 14.0 Å². The third-order valence-electron chi connectivity index (χ3n) is 7.22. The summed E-state index contributed by atoms with van der Waals surface area (Å²) in [6.07, 6.45) is 17.4. The van der Waals surface area contributed by atoms with Crippen molar-refractivity contribution in [3.63, 3.8) is 0 Å². The molecule has 0 unspecified atom stereocenters. The highest BCUT2D eigenvalue weighted by Gasteiger charge is 2.02. The van der Waals surface area contributed by atoms with E-state index in [9.17, 15) is 9.59 Å². The molecule has 0 aliphatic rings. The number of benzene rings is 2. The number of H-pyrrole nitrogens is 1. The predicted octanol–water partition coefficient (Wildman–Crippen LogP) is 8.81. The fraction of sp³-hybridized carbons (Fsp3) is 0.529. The van der Waals surface area contributed by atoms with Crippen molar-refractivity contribution in [2.45, 2.75) is 104 Å². The molecule has 0 radical (unpaired) electrons. The van der Waals surface area contributed by atoms with E-state index >= 15 is 0 Å². The van der Waals surface area contributed by atoms with Crippen LogP contribution in [0.1, 0.15) is 96.0 Å². The fourth-order valence-corrected chi connectivity index (χ4v) is 4.65. The van der Waals surface area contributed by atoms with Gasteiger partial charge in [0.15, 0.2) is 0 Å². The summed E-state index contributed by atoms with van der Waals surface area (Å²) in [6, 6.07) is 15.3. The van der Waals surface area contributed by atoms with Crippen LogP contribution in [-0.4, -0.2) is 22.8 Å². The highest BCUT2D eigenvalue weighted by atomic mass is 16.5. The number of azo groups is 1. The standard InChI is InChI=1S/C34H48N4O4/c1-3-4-5-6-7-8-9-10-11-14-25-41-31-20-16-29(17-21-31)36-37-30-18-22-32(23-19-30)42-26-15-12-13-24-38-27-28(2)33(39)35-34(38)40/h16-23,27H,3-15,24-26H2,1-2H3,(H,35,39,40). The lowest BCUT2D eigenvalue weighted by Gasteiger charge is -2.08. The first-order valence-electron chi connectivity index (χ1n) is 15.7. The molecule has 0 atom stereocenters. The Morgan fingerprint density at radius 1 is 0.643 bits per heavy atom. The smallest absolute Gasteiger partial charge is 0.328 e. The Kier molecular flexibility index (Phi) is 15.2. The topological polar surface area (TPSA) is 98.0 Å². The van der Waals surface area contributed by atoms with Crippen LogP contribution in [0.4, 0.5) is 11.4 Å². The van der Waals surface area contributed by atoms with Gasteiger partial charge >= 0.3 is 5.69 Å². The van der Waals surface area contributed by atoms with Crippen molar-refractivity contribution < 1.29 is 9.47 Å². The van der Waals surface area contributed by atoms with Crippen LogP contribution in [0.2, 0.25) is 0 Å². The summed E-state index contributed by atoms with van der Waals surface area (Å²) in [7, 11) is 0. The molecule has 0 spiro atoms. The van der Waals surface area contributed by atoms with E-state index in [-0.39, 0.29) is 11.2 Å². The van der Waals surface area contributed by atoms with Gasteiger partial charge in [-0.1, -0.05) is 64.7 Å². The zero-order valence-electron chi connectivity index (χ0n) is 25.5. The molecule has 8 heteroatoms. The molecule has 0 saturated heterocycles. The van der Waals surface area contributed by atoms with E-state index in [1.54, 1.807) is 17.7 Å². The number of aryl methyl sites for hydroxylation is 2. The quantitative estimate of drug-likeness (QED) is 0.101. The second-order valence-electron chi connectivity index (χ2n) is 10.9. The minimum Gasteiger partial charge on any atom is -0.494 e. The first kappa shape index (κ1) is 32.8. The number of unbranched alkanes of at least 4 members (excludes halogenated alkanes) is 11. The van der Waals surface area contributed by atoms with Gasteiger partial charge in [-0.2, -0.15) is 10.2 Å². The Labute approximate surface area is 250 Å². The number of nitrogens with one attached hydrogen (secondary N) is 1. The van der Waals surface area contributed by atoms with Crippen molar-refractivity contribution in [2.24, 2.45) is 10.2 Å². The SMILES string of the molecule is CCCCCCCCCCCCOc1ccc(N=Nc2ccc(OCCCCCn3cc(C)c(=O)[nH]c3=O)cc2)cc1. The van der Waals surface area contributed by atoms with Crippen LogP contribution in [-0.2, 0) is 6.54 Å². The second-order valence-corrected chi connectivity index (χ2v) is 10.9. The van der Waals surface area contributed by atoms with E-state index in [1.165, 1.54) is 57.8 Å². The Balaban J connectivity index is 1.25. The Morgan fingerprint density at radius 3 is 1.60 bits per heavy atom. The molecule has 0 aliphatic carbocycles. The summed E-state index contributed by atoms with van der Waals surface area (Å²) < 4.78 is 13.3. The minimum atomic E-state index is -0.361. The van der Waals surface area contributed by atoms with Crippen molar-refractivity contribution in [3.8, 4) is 11.5 Å². The molecule has 8 nitrogen and oxygen atoms in total. The third-order valence-corrected chi connectivity index (χ3v) is 7.22. The lowest BCUT2D eigenvalue weighted by molar-refractivity contribution is 0.303. The second kappa shape index (κ2) is 19.4. The van der Waals surface area contributed by atoms with Crippen LogP contribution >= 0.6 is 0 Å². The maximum absolute atomic E-state index is 11.8. The summed E-state index contributed by atoms with van der Waals surface area (Å²) in [5.41, 5.74) is 1.38. The number of hydrogen-bond acceptors (Lipinski definition) is 6. The number of hydrogen-bond donors (Lipinski definition) is 1. The van der Waals surface area contributed by atoms with Gasteiger partial charge in [-0.05, 0) is 81.1 Å². The van der Waals surface area contributed by atoms with E-state index in [2.05, 4.69) is 22.1 Å². The first-order valence-corrected chi connectivity index (χ1v) is 15.7. The molecule has 228 valence electrons. The van der Waals surface area contributed by atoms with E-state index in [1.807, 2.05) is 48.5 Å². The zero-order chi connectivity index (χ0) is 29.8. The number of nitrogens with zero attached hydrogens (tertiary/aromatic N) is 3. The van der Waals surface area contributed by atoms with Crippen molar-refractivity contribution in [3.05, 3.63) is 81.1 Å². The van der Waals surface area contributed by atoms with Gasteiger partial charge in [0.1, 0.15) is 11.5 Å². The van der Waals surface area contributed by atoms with Crippen LogP contribution in [0.15, 0.2) is 74.5 Å². The van der Waals surface area contributed by atoms with Crippen molar-refractivity contribution in [1.82, 2.24) is 9.55 Å². The van der Waals surface area contributed by atoms with Gasteiger partial charge in [-0.3, -0.25) is 9.78 Å². The first-order chi connectivity index (χ1) is 20.5. The summed E-state index contributed by atoms with van der Waals surface area (Å²) in [5, 5.41) is 8.66. The Morgan fingerprint density at radius 2 is 1.10 bits per heavy atom. The summed E-state index contributed by atoms with van der Waals surface area (Å²) in [5.74, 6) is 1.65. The molecule has 0 saturated carbocycles. The molecule has 0 fully saturated rings. The molecular weight excluding hydrogens is 528 g/mol. The number of ether oxygens (including phenoxy) is 2. The van der Waals surface area contributed by atoms with Gasteiger partial charge in [-0.25, -0.2) is 4.79 Å². The average Bonchev–Trinajstić information content (AvgIpc) is 3.00. The molecule has 3 aromatic rings. The maximum atomic E-state index is 11.8. The van der Waals surface area contributed by atoms with Crippen molar-refractivity contribution in [1.29, 1.82) is 0 Å². The number of aromatic nitrogens is 2. The summed E-state index contributed by atoms with van der Waals surface area (Å²) in [6.45, 7) is 5.88. The molecule has 42 heavy (non-hydrogen) atoms. The van der Waals surface area contributed by atoms with Crippen molar-refractivity contribution in [2.75, 3.05) is 13.2 Å². The lowest BCUT2D eigenvalue weighted by atomic mass is 10.1. The predicted molar refractivity (Wildman–Crippen MR) is 170 cm³/mol. The third kappa shape index (κ3) is 12.9. The molecule has 0 amide bonds. The fourth-order valence-electron chi connectivity index (χ4n) is 4.65. The largest absolute Gasteiger partial charge is 0.494 e. The van der Waals surface area contributed by atoms with Gasteiger partial charge in [-0.15, -0.1) is 0 Å². The molecule has 2 aromatic carbocycles. The highest BCUT2D eigenvalue weighted by Crippen LogP contribution is 2.23. The van der Waals surface area contributed by atoms with Crippen LogP contribution in [0.5, 0.6) is 11.5 Å². The van der Waals surface area contributed by atoms with Gasteiger partial charge in [0, 0.05) is 18.3 Å². The van der Waals surface area contributed by atoms with E-state index in [0.717, 1.165) is 55.2 Å². The van der Waals surface area contributed by atoms with Crippen LogP contribution in [0, 0.1) is 6.92 Å². The van der Waals surface area contributed by atoms with E-state index in [4.69, 9.17) is 9.47 Å². The normalized spacial score (nSPS) is 11.3. The van der Waals surface area contributed by atoms with Gasteiger partial charge in [0.25, 0.3) is 5.56 Å². The monoisotopic (exact) mass is 576 g/mol.